The van der Waals surface area contributed by atoms with Gasteiger partial charge in [-0.05, 0) is 88.8 Å². The molecule has 2 N–H and O–H groups in total. The molecule has 0 aromatic heterocycles. The van der Waals surface area contributed by atoms with Crippen LogP contribution in [0.1, 0.15) is 35.2 Å². The van der Waals surface area contributed by atoms with Crippen LogP contribution >= 0.6 is 45.2 Å². The zero-order chi connectivity index (χ0) is 17.9. The summed E-state index contributed by atoms with van der Waals surface area (Å²) in [7, 11) is 0. The average Bonchev–Trinajstić information content (AvgIpc) is 2.85. The van der Waals surface area contributed by atoms with Gasteiger partial charge in [0.05, 0.1) is 3.57 Å². The minimum atomic E-state index is -0.666. The highest BCUT2D eigenvalue weighted by atomic mass is 127. The number of hydrogen-bond acceptors (Lipinski definition) is 4. The molecule has 1 aliphatic rings. The molecule has 132 valence electrons. The summed E-state index contributed by atoms with van der Waals surface area (Å²) in [5.74, 6) is -0.486. The molecule has 0 amide bonds. The van der Waals surface area contributed by atoms with Gasteiger partial charge in [0.1, 0.15) is 16.9 Å². The third-order valence-electron chi connectivity index (χ3n) is 4.48. The molecule has 1 heterocycles. The molecule has 0 bridgehead atoms. The van der Waals surface area contributed by atoms with Crippen molar-refractivity contribution in [3.8, 4) is 5.75 Å². The minimum absolute atomic E-state index is 0.0130. The van der Waals surface area contributed by atoms with Crippen molar-refractivity contribution in [3.63, 3.8) is 0 Å². The number of carbonyl (C=O) groups excluding carboxylic acids is 1. The normalized spacial score (nSPS) is 20.7. The zero-order valence-electron chi connectivity index (χ0n) is 13.6. The van der Waals surface area contributed by atoms with Crippen molar-refractivity contribution >= 4 is 51.2 Å². The zero-order valence-corrected chi connectivity index (χ0v) is 17.9. The van der Waals surface area contributed by atoms with E-state index >= 15 is 0 Å². The van der Waals surface area contributed by atoms with Gasteiger partial charge in [-0.2, -0.15) is 0 Å². The van der Waals surface area contributed by atoms with Crippen molar-refractivity contribution in [1.29, 1.82) is 0 Å². The standard InChI is InChI=1S/C19H19I2NO3/c20-14-11-15(17(23)16(21)12-14)18(24)25-19(7-4-9-22-10-8-19)13-5-2-1-3-6-13/h1-3,5-6,11-12,22-23H,4,7-10H2. The van der Waals surface area contributed by atoms with Crippen LogP contribution < -0.4 is 5.32 Å². The van der Waals surface area contributed by atoms with E-state index in [1.165, 1.54) is 0 Å². The first-order valence-electron chi connectivity index (χ1n) is 8.19. The summed E-state index contributed by atoms with van der Waals surface area (Å²) >= 11 is 4.17. The van der Waals surface area contributed by atoms with Crippen LogP contribution in [-0.4, -0.2) is 24.2 Å². The van der Waals surface area contributed by atoms with Crippen molar-refractivity contribution in [2.75, 3.05) is 13.1 Å². The smallest absolute Gasteiger partial charge is 0.342 e. The number of esters is 1. The molecule has 0 saturated carbocycles. The van der Waals surface area contributed by atoms with Crippen molar-refractivity contribution in [1.82, 2.24) is 5.32 Å². The summed E-state index contributed by atoms with van der Waals surface area (Å²) in [5.41, 5.74) is 0.566. The lowest BCUT2D eigenvalue weighted by Gasteiger charge is -2.33. The fourth-order valence-electron chi connectivity index (χ4n) is 3.18. The lowest BCUT2D eigenvalue weighted by molar-refractivity contribution is -0.0287. The summed E-state index contributed by atoms with van der Waals surface area (Å²) in [4.78, 5) is 12.9. The number of phenolic OH excluding ortho intramolecular Hbond substituents is 1. The number of aromatic hydroxyl groups is 1. The van der Waals surface area contributed by atoms with Gasteiger partial charge in [0, 0.05) is 9.99 Å². The van der Waals surface area contributed by atoms with E-state index in [2.05, 4.69) is 27.9 Å². The van der Waals surface area contributed by atoms with E-state index in [-0.39, 0.29) is 11.3 Å². The summed E-state index contributed by atoms with van der Waals surface area (Å²) in [6, 6.07) is 13.4. The van der Waals surface area contributed by atoms with Gasteiger partial charge in [-0.1, -0.05) is 30.3 Å². The van der Waals surface area contributed by atoms with Gasteiger partial charge in [-0.3, -0.25) is 0 Å². The van der Waals surface area contributed by atoms with Crippen LogP contribution in [0.5, 0.6) is 5.75 Å². The number of nitrogens with one attached hydrogen (secondary N) is 1. The Bertz CT molecular complexity index is 757. The maximum atomic E-state index is 12.9. The molecule has 1 atom stereocenters. The summed E-state index contributed by atoms with van der Waals surface area (Å²) in [6.07, 6.45) is 2.40. The van der Waals surface area contributed by atoms with E-state index in [1.807, 2.05) is 59.0 Å². The van der Waals surface area contributed by atoms with Crippen LogP contribution in [0.25, 0.3) is 0 Å². The number of phenols is 1. The first kappa shape index (κ1) is 18.9. The molecule has 6 heteroatoms. The van der Waals surface area contributed by atoms with E-state index < -0.39 is 11.6 Å². The minimum Gasteiger partial charge on any atom is -0.506 e. The number of carbonyl (C=O) groups is 1. The number of rotatable bonds is 3. The maximum absolute atomic E-state index is 12.9. The number of hydrogen-bond donors (Lipinski definition) is 2. The van der Waals surface area contributed by atoms with Crippen LogP contribution in [0.4, 0.5) is 0 Å². The summed E-state index contributed by atoms with van der Waals surface area (Å²) < 4.78 is 7.61. The Kier molecular flexibility index (Phi) is 6.21. The molecule has 4 nitrogen and oxygen atoms in total. The Morgan fingerprint density at radius 3 is 2.64 bits per heavy atom. The second-order valence-corrected chi connectivity index (χ2v) is 8.54. The lowest BCUT2D eigenvalue weighted by Crippen LogP contribution is -2.33. The highest BCUT2D eigenvalue weighted by Crippen LogP contribution is 2.37. The summed E-state index contributed by atoms with van der Waals surface area (Å²) in [6.45, 7) is 1.70. The topological polar surface area (TPSA) is 58.6 Å². The van der Waals surface area contributed by atoms with Gasteiger partial charge in [0.2, 0.25) is 0 Å². The Morgan fingerprint density at radius 1 is 1.12 bits per heavy atom. The third kappa shape index (κ3) is 4.28. The molecule has 1 aliphatic heterocycles. The van der Waals surface area contributed by atoms with Crippen LogP contribution in [0, 0.1) is 7.14 Å². The SMILES string of the molecule is O=C(OC1(c2ccccc2)CCCNCC1)c1cc(I)cc(I)c1O. The molecule has 0 spiro atoms. The number of benzene rings is 2. The first-order valence-corrected chi connectivity index (χ1v) is 10.4. The molecule has 2 aromatic rings. The van der Waals surface area contributed by atoms with Gasteiger partial charge in [0.15, 0.2) is 0 Å². The van der Waals surface area contributed by atoms with Crippen molar-refractivity contribution in [3.05, 3.63) is 60.7 Å². The average molecular weight is 563 g/mol. The van der Waals surface area contributed by atoms with Crippen LogP contribution in [0.3, 0.4) is 0 Å². The highest BCUT2D eigenvalue weighted by molar-refractivity contribution is 14.1. The van der Waals surface area contributed by atoms with E-state index in [0.717, 1.165) is 35.1 Å². The van der Waals surface area contributed by atoms with Gasteiger partial charge in [-0.15, -0.1) is 0 Å². The van der Waals surface area contributed by atoms with E-state index in [1.54, 1.807) is 6.07 Å². The van der Waals surface area contributed by atoms with Gasteiger partial charge >= 0.3 is 5.97 Å². The molecule has 1 fully saturated rings. The Morgan fingerprint density at radius 2 is 1.88 bits per heavy atom. The largest absolute Gasteiger partial charge is 0.506 e. The number of halogens is 2. The molecule has 0 aliphatic carbocycles. The second kappa shape index (κ2) is 8.22. The summed E-state index contributed by atoms with van der Waals surface area (Å²) in [5, 5.41) is 13.7. The highest BCUT2D eigenvalue weighted by Gasteiger charge is 2.37. The predicted octanol–water partition coefficient (Wildman–Crippen LogP) is 4.43. The van der Waals surface area contributed by atoms with Gasteiger partial charge in [-0.25, -0.2) is 4.79 Å². The molecular weight excluding hydrogens is 544 g/mol. The van der Waals surface area contributed by atoms with Crippen LogP contribution in [0.2, 0.25) is 0 Å². The van der Waals surface area contributed by atoms with E-state index in [4.69, 9.17) is 4.74 Å². The lowest BCUT2D eigenvalue weighted by atomic mass is 9.86. The monoisotopic (exact) mass is 563 g/mol. The molecule has 1 unspecified atom stereocenters. The first-order chi connectivity index (χ1) is 12.0. The Balaban J connectivity index is 1.97. The fraction of sp³-hybridized carbons (Fsp3) is 0.316. The van der Waals surface area contributed by atoms with Crippen molar-refractivity contribution < 1.29 is 14.6 Å². The molecule has 2 aromatic carbocycles. The van der Waals surface area contributed by atoms with E-state index in [9.17, 15) is 9.90 Å². The maximum Gasteiger partial charge on any atom is 0.342 e. The number of ether oxygens (including phenoxy) is 1. The fourth-order valence-corrected chi connectivity index (χ4v) is 5.03. The second-order valence-electron chi connectivity index (χ2n) is 6.14. The Labute approximate surface area is 174 Å². The predicted molar refractivity (Wildman–Crippen MR) is 114 cm³/mol. The molecule has 25 heavy (non-hydrogen) atoms. The van der Waals surface area contributed by atoms with Gasteiger partial charge in [0.25, 0.3) is 0 Å². The molecule has 3 rings (SSSR count). The molecule has 1 saturated heterocycles. The van der Waals surface area contributed by atoms with Crippen LogP contribution in [-0.2, 0) is 10.3 Å². The van der Waals surface area contributed by atoms with Gasteiger partial charge < -0.3 is 15.2 Å². The Hall–Kier alpha value is -0.870. The van der Waals surface area contributed by atoms with Crippen LogP contribution in [0.15, 0.2) is 42.5 Å². The molecule has 0 radical (unpaired) electrons. The molecular formula is C19H19I2NO3. The van der Waals surface area contributed by atoms with Crippen molar-refractivity contribution in [2.45, 2.75) is 24.9 Å². The third-order valence-corrected chi connectivity index (χ3v) is 5.92. The van der Waals surface area contributed by atoms with Crippen molar-refractivity contribution in [2.24, 2.45) is 0 Å². The quantitative estimate of drug-likeness (QED) is 0.429. The van der Waals surface area contributed by atoms with E-state index in [0.29, 0.717) is 9.99 Å².